The van der Waals surface area contributed by atoms with Gasteiger partial charge >= 0.3 is 5.97 Å². The summed E-state index contributed by atoms with van der Waals surface area (Å²) in [4.78, 5) is 41.9. The highest BCUT2D eigenvalue weighted by molar-refractivity contribution is 7.17. The lowest BCUT2D eigenvalue weighted by molar-refractivity contribution is 0.0600. The fourth-order valence-corrected chi connectivity index (χ4v) is 5.82. The smallest absolute Gasteiger partial charge is 0.341 e. The molecule has 0 unspecified atom stereocenters. The molecule has 0 saturated heterocycles. The lowest BCUT2D eigenvalue weighted by Gasteiger charge is -2.27. The molecular formula is C30H26N2O4S. The van der Waals surface area contributed by atoms with Crippen molar-refractivity contribution < 1.29 is 19.1 Å². The molecule has 0 spiro atoms. The monoisotopic (exact) mass is 510 g/mol. The van der Waals surface area contributed by atoms with E-state index in [2.05, 4.69) is 22.3 Å². The van der Waals surface area contributed by atoms with Gasteiger partial charge in [0.2, 0.25) is 0 Å². The van der Waals surface area contributed by atoms with E-state index < -0.39 is 5.97 Å². The van der Waals surface area contributed by atoms with E-state index in [1.54, 1.807) is 36.4 Å². The third-order valence-corrected chi connectivity index (χ3v) is 7.58. The van der Waals surface area contributed by atoms with Gasteiger partial charge in [0.25, 0.3) is 5.91 Å². The Hall–Kier alpha value is -4.07. The predicted molar refractivity (Wildman–Crippen MR) is 144 cm³/mol. The van der Waals surface area contributed by atoms with Gasteiger partial charge in [-0.25, -0.2) is 4.79 Å². The maximum absolute atomic E-state index is 13.1. The van der Waals surface area contributed by atoms with Crippen molar-refractivity contribution in [2.24, 2.45) is 0 Å². The second-order valence-electron chi connectivity index (χ2n) is 8.87. The number of hydrogen-bond acceptors (Lipinski definition) is 6. The van der Waals surface area contributed by atoms with E-state index in [9.17, 15) is 14.4 Å². The number of carbonyl (C=O) groups excluding carboxylic acids is 3. The number of esters is 1. The molecule has 0 atom stereocenters. The zero-order valence-electron chi connectivity index (χ0n) is 20.4. The largest absolute Gasteiger partial charge is 0.465 e. The minimum Gasteiger partial charge on any atom is -0.465 e. The Morgan fingerprint density at radius 2 is 1.49 bits per heavy atom. The first-order valence-corrected chi connectivity index (χ1v) is 12.9. The number of benzene rings is 3. The highest BCUT2D eigenvalue weighted by atomic mass is 32.1. The Labute approximate surface area is 219 Å². The number of hydrogen-bond donors (Lipinski definition) is 1. The van der Waals surface area contributed by atoms with Crippen molar-refractivity contribution in [1.82, 2.24) is 4.90 Å². The summed E-state index contributed by atoms with van der Waals surface area (Å²) in [5.41, 5.74) is 4.11. The summed E-state index contributed by atoms with van der Waals surface area (Å²) in [6.45, 7) is 2.33. The molecule has 7 heteroatoms. The number of ketones is 1. The molecule has 5 rings (SSSR count). The quantitative estimate of drug-likeness (QED) is 0.260. The van der Waals surface area contributed by atoms with Gasteiger partial charge in [0.15, 0.2) is 5.78 Å². The van der Waals surface area contributed by atoms with Crippen LogP contribution in [0.5, 0.6) is 0 Å². The number of anilines is 1. The zero-order valence-corrected chi connectivity index (χ0v) is 21.2. The number of nitrogens with zero attached hydrogens (tertiary/aromatic N) is 1. The minimum absolute atomic E-state index is 0.105. The molecule has 3 aromatic carbocycles. The van der Waals surface area contributed by atoms with E-state index >= 15 is 0 Å². The molecule has 2 heterocycles. The molecule has 0 aliphatic carbocycles. The van der Waals surface area contributed by atoms with Crippen molar-refractivity contribution in [1.29, 1.82) is 0 Å². The van der Waals surface area contributed by atoms with E-state index in [1.165, 1.54) is 24.0 Å². The molecule has 1 amide bonds. The molecule has 0 saturated carbocycles. The molecule has 0 radical (unpaired) electrons. The number of amides is 1. The summed E-state index contributed by atoms with van der Waals surface area (Å²) < 4.78 is 5.06. The molecule has 37 heavy (non-hydrogen) atoms. The van der Waals surface area contributed by atoms with E-state index in [1.807, 2.05) is 36.4 Å². The summed E-state index contributed by atoms with van der Waals surface area (Å²) in [5, 5.41) is 3.41. The van der Waals surface area contributed by atoms with Gasteiger partial charge < -0.3 is 10.1 Å². The maximum Gasteiger partial charge on any atom is 0.341 e. The van der Waals surface area contributed by atoms with Gasteiger partial charge in [0.1, 0.15) is 5.00 Å². The first-order chi connectivity index (χ1) is 18.0. The second-order valence-corrected chi connectivity index (χ2v) is 9.98. The number of fused-ring (bicyclic) bond motifs is 1. The Morgan fingerprint density at radius 3 is 2.16 bits per heavy atom. The summed E-state index contributed by atoms with van der Waals surface area (Å²) in [6.07, 6.45) is 0.704. The summed E-state index contributed by atoms with van der Waals surface area (Å²) in [5.74, 6) is -0.900. The molecule has 0 bridgehead atoms. The average molecular weight is 511 g/mol. The third-order valence-electron chi connectivity index (χ3n) is 6.45. The summed E-state index contributed by atoms with van der Waals surface area (Å²) in [7, 11) is 1.35. The van der Waals surface area contributed by atoms with Gasteiger partial charge in [-0.2, -0.15) is 0 Å². The van der Waals surface area contributed by atoms with Crippen molar-refractivity contribution in [2.75, 3.05) is 19.0 Å². The molecule has 0 fully saturated rings. The van der Waals surface area contributed by atoms with Crippen LogP contribution in [0.1, 0.15) is 52.6 Å². The van der Waals surface area contributed by atoms with Crippen LogP contribution in [-0.2, 0) is 24.2 Å². The van der Waals surface area contributed by atoms with Crippen molar-refractivity contribution in [2.45, 2.75) is 19.5 Å². The molecular weight excluding hydrogens is 484 g/mol. The van der Waals surface area contributed by atoms with Crippen LogP contribution in [0.25, 0.3) is 0 Å². The molecule has 1 aliphatic rings. The van der Waals surface area contributed by atoms with Crippen LogP contribution in [0.15, 0.2) is 84.9 Å². The first-order valence-electron chi connectivity index (χ1n) is 12.0. The Kier molecular flexibility index (Phi) is 7.25. The Balaban J connectivity index is 1.34. The zero-order chi connectivity index (χ0) is 25.8. The fraction of sp³-hybridized carbons (Fsp3) is 0.167. The third kappa shape index (κ3) is 5.38. The van der Waals surface area contributed by atoms with Crippen LogP contribution >= 0.6 is 11.3 Å². The van der Waals surface area contributed by atoms with Gasteiger partial charge in [0.05, 0.1) is 12.7 Å². The van der Waals surface area contributed by atoms with Crippen LogP contribution < -0.4 is 5.32 Å². The number of thiophene rings is 1. The lowest BCUT2D eigenvalue weighted by atomic mass is 10.0. The lowest BCUT2D eigenvalue weighted by Crippen LogP contribution is -2.29. The number of nitrogens with one attached hydrogen (secondary N) is 1. The highest BCUT2D eigenvalue weighted by Crippen LogP contribution is 2.38. The second kappa shape index (κ2) is 10.9. The fourth-order valence-electron chi connectivity index (χ4n) is 4.54. The normalized spacial score (nSPS) is 13.0. The first kappa shape index (κ1) is 24.6. The molecule has 6 nitrogen and oxygen atoms in total. The van der Waals surface area contributed by atoms with Crippen molar-refractivity contribution in [3.05, 3.63) is 123 Å². The van der Waals surface area contributed by atoms with Crippen LogP contribution in [0.2, 0.25) is 0 Å². The van der Waals surface area contributed by atoms with E-state index in [-0.39, 0.29) is 11.7 Å². The van der Waals surface area contributed by atoms with E-state index in [0.717, 1.165) is 23.5 Å². The number of carbonyl (C=O) groups is 3. The summed E-state index contributed by atoms with van der Waals surface area (Å²) in [6, 6.07) is 25.8. The van der Waals surface area contributed by atoms with Gasteiger partial charge in [-0.15, -0.1) is 11.3 Å². The topological polar surface area (TPSA) is 75.7 Å². The van der Waals surface area contributed by atoms with Gasteiger partial charge in [-0.1, -0.05) is 72.8 Å². The number of rotatable bonds is 7. The highest BCUT2D eigenvalue weighted by Gasteiger charge is 2.29. The minimum atomic E-state index is -0.451. The van der Waals surface area contributed by atoms with Gasteiger partial charge in [-0.3, -0.25) is 14.5 Å². The van der Waals surface area contributed by atoms with E-state index in [4.69, 9.17) is 4.74 Å². The van der Waals surface area contributed by atoms with Gasteiger partial charge in [-0.05, 0) is 29.7 Å². The maximum atomic E-state index is 13.1. The van der Waals surface area contributed by atoms with Crippen molar-refractivity contribution >= 4 is 34.0 Å². The van der Waals surface area contributed by atoms with E-state index in [0.29, 0.717) is 40.2 Å². The Bertz CT molecular complexity index is 1430. The van der Waals surface area contributed by atoms with Crippen molar-refractivity contribution in [3.8, 4) is 0 Å². The molecule has 1 aliphatic heterocycles. The van der Waals surface area contributed by atoms with Crippen LogP contribution in [0, 0.1) is 0 Å². The molecule has 1 N–H and O–H groups in total. The van der Waals surface area contributed by atoms with Crippen LogP contribution in [0.3, 0.4) is 0 Å². The molecule has 1 aromatic heterocycles. The predicted octanol–water partition coefficient (Wildman–Crippen LogP) is 5.58. The van der Waals surface area contributed by atoms with Gasteiger partial charge in [0, 0.05) is 41.2 Å². The average Bonchev–Trinajstić information content (AvgIpc) is 3.30. The standard InChI is InChI=1S/C30H26N2O4S/c1-36-30(35)26-24-16-17-32(18-20-8-4-2-5-9-20)19-25(24)37-29(26)31-28(34)23-14-12-22(13-15-23)27(33)21-10-6-3-7-11-21/h2-15H,16-19H2,1H3,(H,31,34). The number of ether oxygens (including phenoxy) is 1. The molecule has 4 aromatic rings. The number of methoxy groups -OCH3 is 1. The van der Waals surface area contributed by atoms with Crippen molar-refractivity contribution in [3.63, 3.8) is 0 Å². The summed E-state index contributed by atoms with van der Waals surface area (Å²) >= 11 is 1.42. The SMILES string of the molecule is COC(=O)c1c(NC(=O)c2ccc(C(=O)c3ccccc3)cc2)sc2c1CCN(Cc1ccccc1)C2. The van der Waals surface area contributed by atoms with Crippen LogP contribution in [-0.4, -0.2) is 36.2 Å². The molecule has 186 valence electrons. The van der Waals surface area contributed by atoms with Crippen LogP contribution in [0.4, 0.5) is 5.00 Å². The Morgan fingerprint density at radius 1 is 0.865 bits per heavy atom.